The van der Waals surface area contributed by atoms with Crippen molar-refractivity contribution in [1.29, 1.82) is 0 Å². The second-order valence-electron chi connectivity index (χ2n) is 8.61. The quantitative estimate of drug-likeness (QED) is 0.749. The van der Waals surface area contributed by atoms with Crippen LogP contribution in [0.25, 0.3) is 0 Å². The molecule has 0 atom stereocenters. The lowest BCUT2D eigenvalue weighted by Gasteiger charge is -2.54. The van der Waals surface area contributed by atoms with Gasteiger partial charge in [-0.2, -0.15) is 0 Å². The Labute approximate surface area is 167 Å². The molecule has 28 heavy (non-hydrogen) atoms. The van der Waals surface area contributed by atoms with E-state index in [1.54, 1.807) is 6.07 Å². The second kappa shape index (κ2) is 7.14. The number of benzene rings is 1. The second-order valence-corrected chi connectivity index (χ2v) is 9.52. The number of thiophene rings is 1. The van der Waals surface area contributed by atoms with Crippen LogP contribution in [-0.2, 0) is 6.61 Å². The molecule has 0 radical (unpaired) electrons. The summed E-state index contributed by atoms with van der Waals surface area (Å²) in [6.07, 6.45) is 6.47. The number of carbonyl (C=O) groups is 1. The summed E-state index contributed by atoms with van der Waals surface area (Å²) in [7, 11) is 0. The first-order chi connectivity index (χ1) is 13.5. The Morgan fingerprint density at radius 3 is 2.46 bits per heavy atom. The van der Waals surface area contributed by atoms with Crippen LogP contribution < -0.4 is 10.1 Å². The summed E-state index contributed by atoms with van der Waals surface area (Å²) >= 11 is 1.38. The summed E-state index contributed by atoms with van der Waals surface area (Å²) in [6.45, 7) is 0.143. The zero-order valence-electron chi connectivity index (χ0n) is 15.5. The molecule has 4 bridgehead atoms. The smallest absolute Gasteiger partial charge is 0.261 e. The van der Waals surface area contributed by atoms with E-state index in [2.05, 4.69) is 5.32 Å². The van der Waals surface area contributed by atoms with Gasteiger partial charge in [0.15, 0.2) is 11.6 Å². The van der Waals surface area contributed by atoms with E-state index in [1.807, 2.05) is 5.38 Å². The van der Waals surface area contributed by atoms with Crippen LogP contribution in [0.15, 0.2) is 29.6 Å². The van der Waals surface area contributed by atoms with Gasteiger partial charge < -0.3 is 10.1 Å². The molecule has 1 amide bonds. The zero-order valence-corrected chi connectivity index (χ0v) is 16.3. The number of halogens is 2. The first-order valence-electron chi connectivity index (χ1n) is 10.0. The van der Waals surface area contributed by atoms with Gasteiger partial charge in [-0.05, 0) is 79.4 Å². The van der Waals surface area contributed by atoms with Crippen LogP contribution in [-0.4, -0.2) is 11.9 Å². The molecular weight excluding hydrogens is 380 g/mol. The van der Waals surface area contributed by atoms with Crippen molar-refractivity contribution >= 4 is 17.2 Å². The van der Waals surface area contributed by atoms with Gasteiger partial charge in [-0.1, -0.05) is 0 Å². The SMILES string of the molecule is O=C(NC1C2CC3CC(C2)CC1C3)c1cc(COc2ccc(F)cc2F)cs1. The Balaban J connectivity index is 1.20. The number of amides is 1. The molecule has 0 unspecified atom stereocenters. The minimum absolute atomic E-state index is 0.00666. The Kier molecular flexibility index (Phi) is 4.62. The maximum atomic E-state index is 13.7. The predicted octanol–water partition coefficient (Wildman–Crippen LogP) is 5.16. The molecular formula is C22H23F2NO2S. The van der Waals surface area contributed by atoms with Gasteiger partial charge in [0.2, 0.25) is 0 Å². The third-order valence-corrected chi connectivity index (χ3v) is 7.67. The van der Waals surface area contributed by atoms with Crippen molar-refractivity contribution in [2.24, 2.45) is 23.7 Å². The molecule has 2 aromatic rings. The highest BCUT2D eigenvalue weighted by molar-refractivity contribution is 7.12. The lowest BCUT2D eigenvalue weighted by Crippen LogP contribution is -2.55. The maximum Gasteiger partial charge on any atom is 0.261 e. The third kappa shape index (κ3) is 3.43. The number of ether oxygens (including phenoxy) is 1. The highest BCUT2D eigenvalue weighted by Crippen LogP contribution is 2.53. The van der Waals surface area contributed by atoms with Crippen molar-refractivity contribution in [3.05, 3.63) is 51.7 Å². The van der Waals surface area contributed by atoms with Crippen molar-refractivity contribution in [2.45, 2.75) is 44.8 Å². The molecule has 6 rings (SSSR count). The summed E-state index contributed by atoms with van der Waals surface area (Å²) in [4.78, 5) is 13.4. The number of rotatable bonds is 5. The molecule has 4 fully saturated rings. The molecule has 6 heteroatoms. The predicted molar refractivity (Wildman–Crippen MR) is 103 cm³/mol. The van der Waals surface area contributed by atoms with Crippen molar-refractivity contribution in [3.63, 3.8) is 0 Å². The first kappa shape index (κ1) is 18.1. The van der Waals surface area contributed by atoms with E-state index in [1.165, 1.54) is 49.5 Å². The van der Waals surface area contributed by atoms with E-state index in [-0.39, 0.29) is 18.3 Å². The van der Waals surface area contributed by atoms with Gasteiger partial charge >= 0.3 is 0 Å². The molecule has 1 N–H and O–H groups in total. The Bertz CT molecular complexity index is 868. The molecule has 4 aliphatic carbocycles. The molecule has 4 aliphatic rings. The molecule has 148 valence electrons. The van der Waals surface area contributed by atoms with E-state index < -0.39 is 11.6 Å². The van der Waals surface area contributed by atoms with Crippen LogP contribution in [0.1, 0.15) is 47.3 Å². The van der Waals surface area contributed by atoms with Crippen molar-refractivity contribution < 1.29 is 18.3 Å². The fourth-order valence-electron chi connectivity index (χ4n) is 5.71. The topological polar surface area (TPSA) is 38.3 Å². The van der Waals surface area contributed by atoms with Gasteiger partial charge in [0.25, 0.3) is 5.91 Å². The number of nitrogens with one attached hydrogen (secondary N) is 1. The minimum atomic E-state index is -0.727. The monoisotopic (exact) mass is 403 g/mol. The van der Waals surface area contributed by atoms with E-state index in [0.29, 0.717) is 22.8 Å². The molecule has 1 aromatic heterocycles. The Morgan fingerprint density at radius 1 is 1.07 bits per heavy atom. The molecule has 3 nitrogen and oxygen atoms in total. The lowest BCUT2D eigenvalue weighted by molar-refractivity contribution is -0.0119. The molecule has 1 aromatic carbocycles. The Hall–Kier alpha value is -1.95. The maximum absolute atomic E-state index is 13.7. The van der Waals surface area contributed by atoms with E-state index in [9.17, 15) is 13.6 Å². The van der Waals surface area contributed by atoms with Crippen LogP contribution in [0.3, 0.4) is 0 Å². The van der Waals surface area contributed by atoms with E-state index in [4.69, 9.17) is 4.74 Å². The Morgan fingerprint density at radius 2 is 1.79 bits per heavy atom. The standard InChI is InChI=1S/C22H23F2NO2S/c23-17-1-2-19(18(24)9-17)27-10-14-8-20(28-11-14)22(26)25-21-15-4-12-3-13(6-15)7-16(21)5-12/h1-2,8-9,11-13,15-16,21H,3-7,10H2,(H,25,26). The van der Waals surface area contributed by atoms with E-state index in [0.717, 1.165) is 29.5 Å². The zero-order chi connectivity index (χ0) is 19.3. The highest BCUT2D eigenvalue weighted by atomic mass is 32.1. The largest absolute Gasteiger partial charge is 0.486 e. The van der Waals surface area contributed by atoms with Crippen LogP contribution >= 0.6 is 11.3 Å². The number of carbonyl (C=O) groups excluding carboxylic acids is 1. The molecule has 0 aliphatic heterocycles. The van der Waals surface area contributed by atoms with E-state index >= 15 is 0 Å². The third-order valence-electron chi connectivity index (χ3n) is 6.69. The fraction of sp³-hybridized carbons (Fsp3) is 0.500. The normalized spacial score (nSPS) is 30.4. The number of hydrogen-bond donors (Lipinski definition) is 1. The van der Waals surface area contributed by atoms with Crippen LogP contribution in [0.5, 0.6) is 5.75 Å². The summed E-state index contributed by atoms with van der Waals surface area (Å²) in [5.41, 5.74) is 0.809. The molecule has 0 spiro atoms. The number of hydrogen-bond acceptors (Lipinski definition) is 3. The van der Waals surface area contributed by atoms with Gasteiger partial charge in [0.05, 0.1) is 4.88 Å². The summed E-state index contributed by atoms with van der Waals surface area (Å²) in [6, 6.07) is 5.35. The van der Waals surface area contributed by atoms with Crippen molar-refractivity contribution in [2.75, 3.05) is 0 Å². The molecule has 0 saturated heterocycles. The van der Waals surface area contributed by atoms with Gasteiger partial charge in [0, 0.05) is 17.7 Å². The minimum Gasteiger partial charge on any atom is -0.486 e. The van der Waals surface area contributed by atoms with Crippen LogP contribution in [0.4, 0.5) is 8.78 Å². The van der Waals surface area contributed by atoms with Gasteiger partial charge in [0.1, 0.15) is 12.4 Å². The van der Waals surface area contributed by atoms with Gasteiger partial charge in [-0.25, -0.2) is 8.78 Å². The average molecular weight is 403 g/mol. The average Bonchev–Trinajstić information content (AvgIpc) is 3.12. The van der Waals surface area contributed by atoms with Crippen LogP contribution in [0.2, 0.25) is 0 Å². The fourth-order valence-corrected chi connectivity index (χ4v) is 6.51. The first-order valence-corrected chi connectivity index (χ1v) is 10.9. The van der Waals surface area contributed by atoms with Crippen LogP contribution in [0, 0.1) is 35.3 Å². The summed E-state index contributed by atoms with van der Waals surface area (Å²) < 4.78 is 32.1. The van der Waals surface area contributed by atoms with Gasteiger partial charge in [-0.3, -0.25) is 4.79 Å². The summed E-state index contributed by atoms with van der Waals surface area (Å²) in [5.74, 6) is 1.68. The summed E-state index contributed by atoms with van der Waals surface area (Å²) in [5, 5.41) is 5.16. The lowest BCUT2D eigenvalue weighted by atomic mass is 9.54. The van der Waals surface area contributed by atoms with Gasteiger partial charge in [-0.15, -0.1) is 11.3 Å². The van der Waals surface area contributed by atoms with Crippen molar-refractivity contribution in [1.82, 2.24) is 5.32 Å². The molecule has 1 heterocycles. The molecule has 4 saturated carbocycles. The van der Waals surface area contributed by atoms with Crippen molar-refractivity contribution in [3.8, 4) is 5.75 Å². The highest BCUT2D eigenvalue weighted by Gasteiger charge is 2.48.